The van der Waals surface area contributed by atoms with Crippen LogP contribution in [0.1, 0.15) is 43.2 Å². The molecular weight excluding hydrogens is 420 g/mol. The van der Waals surface area contributed by atoms with Crippen molar-refractivity contribution in [1.82, 2.24) is 10.6 Å². The SMILES string of the molecule is CCC[C@@H](NC(=O)OCC1c2ccccc2-c2ccccc21)C(=O)NC1C=CC(C(=O)O)C1. The topological polar surface area (TPSA) is 105 Å². The van der Waals surface area contributed by atoms with E-state index in [0.717, 1.165) is 22.3 Å². The molecule has 0 radical (unpaired) electrons. The molecule has 0 saturated carbocycles. The summed E-state index contributed by atoms with van der Waals surface area (Å²) < 4.78 is 5.56. The highest BCUT2D eigenvalue weighted by Crippen LogP contribution is 2.44. The van der Waals surface area contributed by atoms with E-state index in [2.05, 4.69) is 22.8 Å². The zero-order valence-electron chi connectivity index (χ0n) is 18.5. The number of carboxylic acid groups (broad SMARTS) is 1. The van der Waals surface area contributed by atoms with E-state index in [1.54, 1.807) is 12.2 Å². The molecule has 0 bridgehead atoms. The molecule has 0 aliphatic heterocycles. The zero-order valence-corrected chi connectivity index (χ0v) is 18.5. The van der Waals surface area contributed by atoms with Crippen LogP contribution in [0.25, 0.3) is 11.1 Å². The summed E-state index contributed by atoms with van der Waals surface area (Å²) >= 11 is 0. The van der Waals surface area contributed by atoms with E-state index in [4.69, 9.17) is 9.84 Å². The molecular formula is C26H28N2O5. The average molecular weight is 449 g/mol. The third-order valence-corrected chi connectivity index (χ3v) is 6.26. The first kappa shape index (κ1) is 22.6. The third-order valence-electron chi connectivity index (χ3n) is 6.26. The molecule has 0 aromatic heterocycles. The molecule has 33 heavy (non-hydrogen) atoms. The number of ether oxygens (including phenoxy) is 1. The highest BCUT2D eigenvalue weighted by Gasteiger charge is 2.31. The van der Waals surface area contributed by atoms with Gasteiger partial charge in [0.05, 0.1) is 5.92 Å². The van der Waals surface area contributed by atoms with Crippen LogP contribution in [-0.2, 0) is 14.3 Å². The first-order valence-electron chi connectivity index (χ1n) is 11.3. The first-order valence-corrected chi connectivity index (χ1v) is 11.3. The third kappa shape index (κ3) is 4.92. The van der Waals surface area contributed by atoms with Crippen LogP contribution in [-0.4, -0.2) is 41.8 Å². The number of amides is 2. The highest BCUT2D eigenvalue weighted by molar-refractivity contribution is 5.86. The summed E-state index contributed by atoms with van der Waals surface area (Å²) in [6, 6.07) is 15.1. The van der Waals surface area contributed by atoms with E-state index >= 15 is 0 Å². The van der Waals surface area contributed by atoms with Crippen molar-refractivity contribution in [1.29, 1.82) is 0 Å². The number of nitrogens with one attached hydrogen (secondary N) is 2. The van der Waals surface area contributed by atoms with Crippen LogP contribution in [0.2, 0.25) is 0 Å². The maximum absolute atomic E-state index is 12.7. The quantitative estimate of drug-likeness (QED) is 0.532. The molecule has 3 N–H and O–H groups in total. The average Bonchev–Trinajstić information content (AvgIpc) is 3.40. The number of hydrogen-bond donors (Lipinski definition) is 3. The summed E-state index contributed by atoms with van der Waals surface area (Å²) in [7, 11) is 0. The van der Waals surface area contributed by atoms with Crippen LogP contribution in [0.15, 0.2) is 60.7 Å². The van der Waals surface area contributed by atoms with Crippen molar-refractivity contribution in [2.75, 3.05) is 6.61 Å². The van der Waals surface area contributed by atoms with E-state index in [-0.39, 0.29) is 24.5 Å². The normalized spacial score (nSPS) is 19.4. The molecule has 2 aliphatic carbocycles. The van der Waals surface area contributed by atoms with Crippen LogP contribution in [0.5, 0.6) is 0 Å². The number of carboxylic acids is 1. The molecule has 0 heterocycles. The Balaban J connectivity index is 1.36. The first-order chi connectivity index (χ1) is 16.0. The van der Waals surface area contributed by atoms with E-state index in [0.29, 0.717) is 19.3 Å². The van der Waals surface area contributed by atoms with Gasteiger partial charge in [-0.15, -0.1) is 0 Å². The molecule has 0 spiro atoms. The Morgan fingerprint density at radius 2 is 1.67 bits per heavy atom. The molecule has 3 atom stereocenters. The lowest BCUT2D eigenvalue weighted by molar-refractivity contribution is -0.140. The van der Waals surface area contributed by atoms with Gasteiger partial charge in [0.25, 0.3) is 0 Å². The second kappa shape index (κ2) is 9.90. The lowest BCUT2D eigenvalue weighted by Crippen LogP contribution is -2.49. The van der Waals surface area contributed by atoms with Gasteiger partial charge in [-0.1, -0.05) is 74.0 Å². The van der Waals surface area contributed by atoms with E-state index in [1.807, 2.05) is 43.3 Å². The largest absolute Gasteiger partial charge is 0.481 e. The maximum Gasteiger partial charge on any atom is 0.407 e. The number of hydrogen-bond acceptors (Lipinski definition) is 4. The fourth-order valence-corrected chi connectivity index (χ4v) is 4.61. The predicted molar refractivity (Wildman–Crippen MR) is 124 cm³/mol. The van der Waals surface area contributed by atoms with Gasteiger partial charge in [-0.3, -0.25) is 9.59 Å². The Bertz CT molecular complexity index is 1030. The van der Waals surface area contributed by atoms with Gasteiger partial charge in [-0.2, -0.15) is 0 Å². The van der Waals surface area contributed by atoms with Crippen molar-refractivity contribution in [3.63, 3.8) is 0 Å². The van der Waals surface area contributed by atoms with Gasteiger partial charge < -0.3 is 20.5 Å². The van der Waals surface area contributed by atoms with Crippen molar-refractivity contribution < 1.29 is 24.2 Å². The fourth-order valence-electron chi connectivity index (χ4n) is 4.61. The zero-order chi connectivity index (χ0) is 23.4. The van der Waals surface area contributed by atoms with Crippen LogP contribution < -0.4 is 10.6 Å². The minimum absolute atomic E-state index is 0.0572. The second-order valence-corrected chi connectivity index (χ2v) is 8.49. The lowest BCUT2D eigenvalue weighted by Gasteiger charge is -2.21. The molecule has 2 aliphatic rings. The smallest absolute Gasteiger partial charge is 0.407 e. The minimum Gasteiger partial charge on any atom is -0.481 e. The van der Waals surface area contributed by atoms with Crippen LogP contribution >= 0.6 is 0 Å². The molecule has 172 valence electrons. The van der Waals surface area contributed by atoms with Gasteiger partial charge in [-0.05, 0) is 35.1 Å². The van der Waals surface area contributed by atoms with Crippen molar-refractivity contribution >= 4 is 18.0 Å². The predicted octanol–water partition coefficient (Wildman–Crippen LogP) is 3.84. The van der Waals surface area contributed by atoms with E-state index in [9.17, 15) is 14.4 Å². The molecule has 2 aromatic rings. The number of fused-ring (bicyclic) bond motifs is 3. The molecule has 7 heteroatoms. The summed E-state index contributed by atoms with van der Waals surface area (Å²) in [4.78, 5) is 36.4. The number of rotatable bonds is 8. The van der Waals surface area contributed by atoms with Gasteiger partial charge in [0.2, 0.25) is 5.91 Å². The fraction of sp³-hybridized carbons (Fsp3) is 0.346. The monoisotopic (exact) mass is 448 g/mol. The number of alkyl carbamates (subject to hydrolysis) is 1. The Morgan fingerprint density at radius 1 is 1.03 bits per heavy atom. The number of carbonyl (C=O) groups is 3. The van der Waals surface area contributed by atoms with Crippen LogP contribution in [0.3, 0.4) is 0 Å². The van der Waals surface area contributed by atoms with Gasteiger partial charge in [0.15, 0.2) is 0 Å². The van der Waals surface area contributed by atoms with Gasteiger partial charge >= 0.3 is 12.1 Å². The van der Waals surface area contributed by atoms with Crippen molar-refractivity contribution in [2.45, 2.75) is 44.2 Å². The summed E-state index contributed by atoms with van der Waals surface area (Å²) in [5.74, 6) is -1.91. The molecule has 0 fully saturated rings. The van der Waals surface area contributed by atoms with Crippen molar-refractivity contribution in [2.24, 2.45) is 5.92 Å². The Labute approximate surface area is 192 Å². The van der Waals surface area contributed by atoms with Crippen LogP contribution in [0.4, 0.5) is 4.79 Å². The lowest BCUT2D eigenvalue weighted by atomic mass is 9.98. The number of aliphatic carboxylic acids is 1. The van der Waals surface area contributed by atoms with Gasteiger partial charge in [-0.25, -0.2) is 4.79 Å². The second-order valence-electron chi connectivity index (χ2n) is 8.49. The summed E-state index contributed by atoms with van der Waals surface area (Å²) in [6.45, 7) is 2.10. The molecule has 2 aromatic carbocycles. The molecule has 0 saturated heterocycles. The molecule has 4 rings (SSSR count). The number of benzene rings is 2. The Hall–Kier alpha value is -3.61. The minimum atomic E-state index is -0.912. The molecule has 7 nitrogen and oxygen atoms in total. The maximum atomic E-state index is 12.7. The van der Waals surface area contributed by atoms with Crippen molar-refractivity contribution in [3.8, 4) is 11.1 Å². The van der Waals surface area contributed by atoms with Crippen molar-refractivity contribution in [3.05, 3.63) is 71.8 Å². The standard InChI is InChI=1S/C26H28N2O5/c1-2-7-23(24(29)27-17-13-12-16(14-17)25(30)31)28-26(32)33-15-22-20-10-5-3-8-18(20)19-9-4-6-11-21(19)22/h3-6,8-13,16-17,22-23H,2,7,14-15H2,1H3,(H,27,29)(H,28,32)(H,30,31)/t16?,17?,23-/m1/s1. The molecule has 2 unspecified atom stereocenters. The molecule has 2 amide bonds. The van der Waals surface area contributed by atoms with Crippen LogP contribution in [0, 0.1) is 5.92 Å². The van der Waals surface area contributed by atoms with Gasteiger partial charge in [0, 0.05) is 12.0 Å². The van der Waals surface area contributed by atoms with Gasteiger partial charge in [0.1, 0.15) is 12.6 Å². The summed E-state index contributed by atoms with van der Waals surface area (Å²) in [5.41, 5.74) is 4.54. The number of carbonyl (C=O) groups excluding carboxylic acids is 2. The Morgan fingerprint density at radius 3 is 2.24 bits per heavy atom. The summed E-state index contributed by atoms with van der Waals surface area (Å²) in [5, 5.41) is 14.6. The van der Waals surface area contributed by atoms with E-state index < -0.39 is 24.0 Å². The Kier molecular flexibility index (Phi) is 6.77. The highest BCUT2D eigenvalue weighted by atomic mass is 16.5. The summed E-state index contributed by atoms with van der Waals surface area (Å²) in [6.07, 6.45) is 4.09. The van der Waals surface area contributed by atoms with E-state index in [1.165, 1.54) is 0 Å².